The number of nitrogens with two attached hydrogens (primary N) is 1. The summed E-state index contributed by atoms with van der Waals surface area (Å²) in [7, 11) is -3.66. The Morgan fingerprint density at radius 1 is 1.27 bits per heavy atom. The van der Waals surface area contributed by atoms with E-state index in [9.17, 15) is 13.2 Å². The second-order valence-electron chi connectivity index (χ2n) is 6.11. The van der Waals surface area contributed by atoms with E-state index in [-0.39, 0.29) is 23.2 Å². The summed E-state index contributed by atoms with van der Waals surface area (Å²) in [5.41, 5.74) is 5.89. The highest BCUT2D eigenvalue weighted by Gasteiger charge is 2.24. The molecule has 1 aromatic rings. The van der Waals surface area contributed by atoms with E-state index >= 15 is 0 Å². The van der Waals surface area contributed by atoms with E-state index in [0.29, 0.717) is 11.3 Å². The molecule has 0 aliphatic heterocycles. The molecule has 0 saturated heterocycles. The first-order valence-electron chi connectivity index (χ1n) is 6.63. The number of hydrogen-bond acceptors (Lipinski definition) is 4. The number of rotatable bonds is 4. The molecule has 0 aliphatic carbocycles. The van der Waals surface area contributed by atoms with Gasteiger partial charge in [0.25, 0.3) is 0 Å². The van der Waals surface area contributed by atoms with Crippen LogP contribution in [0, 0.1) is 6.92 Å². The van der Waals surface area contributed by atoms with Gasteiger partial charge in [-0.2, -0.15) is 0 Å². The van der Waals surface area contributed by atoms with Crippen LogP contribution in [-0.4, -0.2) is 25.9 Å². The highest BCUT2D eigenvalue weighted by atomic mass is 35.5. The van der Waals surface area contributed by atoms with Crippen LogP contribution in [0.2, 0.25) is 0 Å². The lowest BCUT2D eigenvalue weighted by Crippen LogP contribution is -2.40. The van der Waals surface area contributed by atoms with Crippen LogP contribution >= 0.6 is 12.4 Å². The monoisotopic (exact) mass is 349 g/mol. The number of amides is 1. The van der Waals surface area contributed by atoms with Crippen LogP contribution in [-0.2, 0) is 14.8 Å². The van der Waals surface area contributed by atoms with Crippen molar-refractivity contribution in [3.63, 3.8) is 0 Å². The second-order valence-corrected chi connectivity index (χ2v) is 7.76. The van der Waals surface area contributed by atoms with Gasteiger partial charge in [0.1, 0.15) is 0 Å². The average molecular weight is 350 g/mol. The van der Waals surface area contributed by atoms with Crippen molar-refractivity contribution >= 4 is 34.0 Å². The number of anilines is 1. The van der Waals surface area contributed by atoms with Crippen molar-refractivity contribution in [3.05, 3.63) is 23.8 Å². The molecule has 0 aromatic heterocycles. The molecule has 0 aliphatic rings. The Bertz CT molecular complexity index is 637. The molecule has 1 atom stereocenters. The number of carbonyl (C=O) groups excluding carboxylic acids is 1. The van der Waals surface area contributed by atoms with Gasteiger partial charge in [-0.15, -0.1) is 12.4 Å². The molecule has 6 nitrogen and oxygen atoms in total. The van der Waals surface area contributed by atoms with Gasteiger partial charge < -0.3 is 11.1 Å². The van der Waals surface area contributed by atoms with Gasteiger partial charge in [0.05, 0.1) is 10.9 Å². The zero-order valence-electron chi connectivity index (χ0n) is 13.4. The zero-order valence-corrected chi connectivity index (χ0v) is 15.1. The minimum absolute atomic E-state index is 0. The summed E-state index contributed by atoms with van der Waals surface area (Å²) in [6, 6.07) is 4.06. The number of sulfonamides is 1. The van der Waals surface area contributed by atoms with Gasteiger partial charge in [0.2, 0.25) is 15.9 Å². The standard InChI is InChI=1S/C14H23N3O3S.ClH/c1-9-6-7-11(16-13(18)10(2)15)8-12(9)21(19,20)17-14(3,4)5;/h6-8,10,17H,15H2,1-5H3,(H,16,18);1H/t10-;/m0./s1. The predicted octanol–water partition coefficient (Wildman–Crippen LogP) is 1.78. The van der Waals surface area contributed by atoms with Crippen molar-refractivity contribution in [3.8, 4) is 0 Å². The van der Waals surface area contributed by atoms with E-state index in [1.54, 1.807) is 46.8 Å². The number of hydrogen-bond donors (Lipinski definition) is 3. The van der Waals surface area contributed by atoms with Crippen molar-refractivity contribution in [1.29, 1.82) is 0 Å². The van der Waals surface area contributed by atoms with E-state index in [4.69, 9.17) is 5.73 Å². The molecule has 0 spiro atoms. The molecule has 0 heterocycles. The third-order valence-electron chi connectivity index (χ3n) is 2.60. The van der Waals surface area contributed by atoms with Gasteiger partial charge in [-0.3, -0.25) is 4.79 Å². The Labute approximate surface area is 138 Å². The minimum Gasteiger partial charge on any atom is -0.325 e. The first-order chi connectivity index (χ1) is 9.42. The van der Waals surface area contributed by atoms with E-state index in [2.05, 4.69) is 10.0 Å². The van der Waals surface area contributed by atoms with Crippen LogP contribution in [0.4, 0.5) is 5.69 Å². The third kappa shape index (κ3) is 5.92. The Kier molecular flexibility index (Phi) is 7.02. The molecule has 4 N–H and O–H groups in total. The first-order valence-corrected chi connectivity index (χ1v) is 8.12. The molecule has 0 bridgehead atoms. The summed E-state index contributed by atoms with van der Waals surface area (Å²) in [6.07, 6.45) is 0. The van der Waals surface area contributed by atoms with Gasteiger partial charge >= 0.3 is 0 Å². The van der Waals surface area contributed by atoms with Gasteiger partial charge in [0.15, 0.2) is 0 Å². The summed E-state index contributed by atoms with van der Waals surface area (Å²) in [6.45, 7) is 8.56. The van der Waals surface area contributed by atoms with Gasteiger partial charge in [0, 0.05) is 11.2 Å². The molecule has 0 radical (unpaired) electrons. The molecule has 0 unspecified atom stereocenters. The van der Waals surface area contributed by atoms with Crippen LogP contribution in [0.25, 0.3) is 0 Å². The number of benzene rings is 1. The minimum atomic E-state index is -3.66. The SMILES string of the molecule is Cc1ccc(NC(=O)[C@H](C)N)cc1S(=O)(=O)NC(C)(C)C.Cl. The number of halogens is 1. The lowest BCUT2D eigenvalue weighted by atomic mass is 10.1. The van der Waals surface area contributed by atoms with Crippen LogP contribution in [0.5, 0.6) is 0 Å². The van der Waals surface area contributed by atoms with Crippen LogP contribution in [0.1, 0.15) is 33.3 Å². The fourth-order valence-corrected chi connectivity index (χ4v) is 3.37. The largest absolute Gasteiger partial charge is 0.325 e. The summed E-state index contributed by atoms with van der Waals surface area (Å²) in [4.78, 5) is 11.7. The lowest BCUT2D eigenvalue weighted by Gasteiger charge is -2.21. The Morgan fingerprint density at radius 3 is 2.27 bits per heavy atom. The molecule has 126 valence electrons. The maximum atomic E-state index is 12.4. The second kappa shape index (κ2) is 7.41. The maximum Gasteiger partial charge on any atom is 0.241 e. The quantitative estimate of drug-likeness (QED) is 0.771. The highest BCUT2D eigenvalue weighted by Crippen LogP contribution is 2.21. The van der Waals surface area contributed by atoms with Gasteiger partial charge in [-0.1, -0.05) is 6.07 Å². The molecule has 22 heavy (non-hydrogen) atoms. The smallest absolute Gasteiger partial charge is 0.241 e. The molecule has 1 amide bonds. The number of nitrogens with one attached hydrogen (secondary N) is 2. The fraction of sp³-hybridized carbons (Fsp3) is 0.500. The van der Waals surface area contributed by atoms with Crippen molar-refractivity contribution in [2.75, 3.05) is 5.32 Å². The summed E-state index contributed by atoms with van der Waals surface area (Å²) < 4.78 is 27.4. The summed E-state index contributed by atoms with van der Waals surface area (Å²) in [5, 5.41) is 2.59. The van der Waals surface area contributed by atoms with Gasteiger partial charge in [-0.25, -0.2) is 13.1 Å². The highest BCUT2D eigenvalue weighted by molar-refractivity contribution is 7.89. The molecular weight excluding hydrogens is 326 g/mol. The number of aryl methyl sites for hydroxylation is 1. The van der Waals surface area contributed by atoms with E-state index in [1.807, 2.05) is 0 Å². The Hall–Kier alpha value is -1.15. The zero-order chi connectivity index (χ0) is 16.4. The molecule has 8 heteroatoms. The molecule has 0 saturated carbocycles. The van der Waals surface area contributed by atoms with Crippen molar-refractivity contribution in [2.24, 2.45) is 5.73 Å². The topological polar surface area (TPSA) is 101 Å². The number of carbonyl (C=O) groups is 1. The molecule has 0 fully saturated rings. The summed E-state index contributed by atoms with van der Waals surface area (Å²) in [5.74, 6) is -0.369. The Balaban J connectivity index is 0.00000441. The predicted molar refractivity (Wildman–Crippen MR) is 90.8 cm³/mol. The van der Waals surface area contributed by atoms with E-state index < -0.39 is 21.6 Å². The van der Waals surface area contributed by atoms with Crippen LogP contribution in [0.15, 0.2) is 23.1 Å². The molecule has 1 aromatic carbocycles. The molecular formula is C14H24ClN3O3S. The normalized spacial score (nSPS) is 13.2. The van der Waals surface area contributed by atoms with Crippen molar-refractivity contribution in [2.45, 2.75) is 51.1 Å². The van der Waals surface area contributed by atoms with Crippen molar-refractivity contribution in [1.82, 2.24) is 4.72 Å². The summed E-state index contributed by atoms with van der Waals surface area (Å²) >= 11 is 0. The molecule has 1 rings (SSSR count). The van der Waals surface area contributed by atoms with Crippen LogP contribution < -0.4 is 15.8 Å². The fourth-order valence-electron chi connectivity index (χ4n) is 1.68. The van der Waals surface area contributed by atoms with Crippen LogP contribution in [0.3, 0.4) is 0 Å². The van der Waals surface area contributed by atoms with Crippen molar-refractivity contribution < 1.29 is 13.2 Å². The lowest BCUT2D eigenvalue weighted by molar-refractivity contribution is -0.117. The van der Waals surface area contributed by atoms with E-state index in [1.165, 1.54) is 6.07 Å². The first kappa shape index (κ1) is 20.9. The third-order valence-corrected chi connectivity index (χ3v) is 4.50. The maximum absolute atomic E-state index is 12.4. The average Bonchev–Trinajstić information content (AvgIpc) is 2.28. The van der Waals surface area contributed by atoms with E-state index in [0.717, 1.165) is 0 Å². The van der Waals surface area contributed by atoms with Gasteiger partial charge in [-0.05, 0) is 52.3 Å². The Morgan fingerprint density at radius 2 is 1.82 bits per heavy atom.